The maximum Gasteiger partial charge on any atom is 0.234 e. The molecule has 0 saturated heterocycles. The van der Waals surface area contributed by atoms with Crippen molar-refractivity contribution in [1.29, 1.82) is 0 Å². The van der Waals surface area contributed by atoms with Crippen molar-refractivity contribution in [3.63, 3.8) is 0 Å². The zero-order valence-electron chi connectivity index (χ0n) is 14.2. The first-order valence-electron chi connectivity index (χ1n) is 7.77. The minimum Gasteiger partial charge on any atom is -0.325 e. The van der Waals surface area contributed by atoms with Crippen LogP contribution in [0.4, 0.5) is 5.69 Å². The molecule has 26 heavy (non-hydrogen) atoms. The first-order valence-corrected chi connectivity index (χ1v) is 9.52. The van der Waals surface area contributed by atoms with E-state index in [1.807, 2.05) is 42.8 Å². The molecule has 0 atom stereocenters. The SMILES string of the molecule is Cc1cccc(-c2nnc(SCC(=O)Nc3cc(Cl)cc(Cl)c3)n2C)c1. The predicted molar refractivity (Wildman–Crippen MR) is 107 cm³/mol. The summed E-state index contributed by atoms with van der Waals surface area (Å²) in [6.07, 6.45) is 0. The Morgan fingerprint density at radius 3 is 2.58 bits per heavy atom. The Kier molecular flexibility index (Phi) is 5.86. The molecule has 0 unspecified atom stereocenters. The van der Waals surface area contributed by atoms with Gasteiger partial charge in [0.15, 0.2) is 11.0 Å². The van der Waals surface area contributed by atoms with Gasteiger partial charge in [0.05, 0.1) is 5.75 Å². The molecule has 3 rings (SSSR count). The number of hydrogen-bond donors (Lipinski definition) is 1. The number of amides is 1. The van der Waals surface area contributed by atoms with Crippen LogP contribution in [-0.2, 0) is 11.8 Å². The lowest BCUT2D eigenvalue weighted by molar-refractivity contribution is -0.113. The maximum absolute atomic E-state index is 12.2. The van der Waals surface area contributed by atoms with Crippen LogP contribution in [0.15, 0.2) is 47.6 Å². The second-order valence-corrected chi connectivity index (χ2v) is 7.55. The van der Waals surface area contributed by atoms with E-state index in [0.717, 1.165) is 17.0 Å². The van der Waals surface area contributed by atoms with Gasteiger partial charge in [-0.1, -0.05) is 58.7 Å². The van der Waals surface area contributed by atoms with Crippen molar-refractivity contribution in [1.82, 2.24) is 14.8 Å². The van der Waals surface area contributed by atoms with Gasteiger partial charge < -0.3 is 9.88 Å². The number of aromatic nitrogens is 3. The van der Waals surface area contributed by atoms with Gasteiger partial charge in [-0.25, -0.2) is 0 Å². The Morgan fingerprint density at radius 1 is 1.15 bits per heavy atom. The number of thioether (sulfide) groups is 1. The fraction of sp³-hybridized carbons (Fsp3) is 0.167. The van der Waals surface area contributed by atoms with Crippen LogP contribution in [-0.4, -0.2) is 26.4 Å². The van der Waals surface area contributed by atoms with E-state index in [-0.39, 0.29) is 11.7 Å². The first-order chi connectivity index (χ1) is 12.4. The van der Waals surface area contributed by atoms with Gasteiger partial charge in [-0.15, -0.1) is 10.2 Å². The van der Waals surface area contributed by atoms with E-state index >= 15 is 0 Å². The third kappa shape index (κ3) is 4.58. The molecule has 0 spiro atoms. The number of carbonyl (C=O) groups excluding carboxylic acids is 1. The van der Waals surface area contributed by atoms with Crippen molar-refractivity contribution in [2.75, 3.05) is 11.1 Å². The van der Waals surface area contributed by atoms with Gasteiger partial charge >= 0.3 is 0 Å². The molecular formula is C18H16Cl2N4OS. The molecule has 1 aromatic heterocycles. The Labute approximate surface area is 165 Å². The highest BCUT2D eigenvalue weighted by molar-refractivity contribution is 7.99. The smallest absolute Gasteiger partial charge is 0.234 e. The molecule has 0 bridgehead atoms. The zero-order chi connectivity index (χ0) is 18.7. The van der Waals surface area contributed by atoms with Crippen molar-refractivity contribution in [2.24, 2.45) is 7.05 Å². The number of carbonyl (C=O) groups is 1. The van der Waals surface area contributed by atoms with Gasteiger partial charge in [0.2, 0.25) is 5.91 Å². The average Bonchev–Trinajstić information content (AvgIpc) is 2.93. The second-order valence-electron chi connectivity index (χ2n) is 5.73. The summed E-state index contributed by atoms with van der Waals surface area (Å²) >= 11 is 13.2. The molecule has 134 valence electrons. The number of aryl methyl sites for hydroxylation is 1. The molecule has 0 saturated carbocycles. The number of halogens is 2. The summed E-state index contributed by atoms with van der Waals surface area (Å²) in [6.45, 7) is 2.03. The third-order valence-electron chi connectivity index (χ3n) is 3.59. The molecule has 0 fully saturated rings. The molecule has 5 nitrogen and oxygen atoms in total. The molecule has 0 aliphatic rings. The quantitative estimate of drug-likeness (QED) is 0.616. The molecule has 0 radical (unpaired) electrons. The lowest BCUT2D eigenvalue weighted by atomic mass is 10.1. The fourth-order valence-corrected chi connectivity index (χ4v) is 3.67. The van der Waals surface area contributed by atoms with Crippen LogP contribution in [0.1, 0.15) is 5.56 Å². The predicted octanol–water partition coefficient (Wildman–Crippen LogP) is 4.83. The maximum atomic E-state index is 12.2. The summed E-state index contributed by atoms with van der Waals surface area (Å²) in [5.74, 6) is 0.788. The van der Waals surface area contributed by atoms with Gasteiger partial charge in [-0.3, -0.25) is 4.79 Å². The van der Waals surface area contributed by atoms with Crippen LogP contribution < -0.4 is 5.32 Å². The van der Waals surface area contributed by atoms with Crippen LogP contribution in [0.2, 0.25) is 10.0 Å². The van der Waals surface area contributed by atoms with Crippen LogP contribution >= 0.6 is 35.0 Å². The monoisotopic (exact) mass is 406 g/mol. The fourth-order valence-electron chi connectivity index (χ4n) is 2.43. The Bertz CT molecular complexity index is 938. The van der Waals surface area contributed by atoms with E-state index in [4.69, 9.17) is 23.2 Å². The van der Waals surface area contributed by atoms with Crippen molar-refractivity contribution in [3.05, 3.63) is 58.1 Å². The average molecular weight is 407 g/mol. The number of rotatable bonds is 5. The van der Waals surface area contributed by atoms with Crippen molar-refractivity contribution in [2.45, 2.75) is 12.1 Å². The number of nitrogens with zero attached hydrogens (tertiary/aromatic N) is 3. The lowest BCUT2D eigenvalue weighted by Crippen LogP contribution is -2.14. The van der Waals surface area contributed by atoms with E-state index in [0.29, 0.717) is 20.9 Å². The summed E-state index contributed by atoms with van der Waals surface area (Å²) in [5.41, 5.74) is 2.70. The Balaban J connectivity index is 1.65. The minimum atomic E-state index is -0.173. The van der Waals surface area contributed by atoms with E-state index in [1.165, 1.54) is 11.8 Å². The highest BCUT2D eigenvalue weighted by Crippen LogP contribution is 2.25. The highest BCUT2D eigenvalue weighted by atomic mass is 35.5. The molecule has 8 heteroatoms. The van der Waals surface area contributed by atoms with Crippen molar-refractivity contribution < 1.29 is 4.79 Å². The molecule has 0 aliphatic heterocycles. The van der Waals surface area contributed by atoms with Crippen LogP contribution in [0.25, 0.3) is 11.4 Å². The summed E-state index contributed by atoms with van der Waals surface area (Å²) < 4.78 is 1.88. The van der Waals surface area contributed by atoms with Gasteiger partial charge in [0.1, 0.15) is 0 Å². The summed E-state index contributed by atoms with van der Waals surface area (Å²) in [6, 6.07) is 13.0. The number of benzene rings is 2. The van der Waals surface area contributed by atoms with Crippen LogP contribution in [0.5, 0.6) is 0 Å². The van der Waals surface area contributed by atoms with Crippen LogP contribution in [0, 0.1) is 6.92 Å². The van der Waals surface area contributed by atoms with Crippen molar-refractivity contribution >= 4 is 46.6 Å². The third-order valence-corrected chi connectivity index (χ3v) is 5.05. The van der Waals surface area contributed by atoms with Gasteiger partial charge in [0.25, 0.3) is 0 Å². The zero-order valence-corrected chi connectivity index (χ0v) is 16.5. The minimum absolute atomic E-state index is 0.173. The van der Waals surface area contributed by atoms with Crippen molar-refractivity contribution in [3.8, 4) is 11.4 Å². The summed E-state index contributed by atoms with van der Waals surface area (Å²) in [7, 11) is 1.88. The molecule has 1 N–H and O–H groups in total. The second kappa shape index (κ2) is 8.12. The Morgan fingerprint density at radius 2 is 1.88 bits per heavy atom. The van der Waals surface area contributed by atoms with E-state index in [1.54, 1.807) is 18.2 Å². The summed E-state index contributed by atoms with van der Waals surface area (Å²) in [4.78, 5) is 12.2. The van der Waals surface area contributed by atoms with Gasteiger partial charge in [-0.05, 0) is 31.2 Å². The first kappa shape index (κ1) is 18.8. The topological polar surface area (TPSA) is 59.8 Å². The standard InChI is InChI=1S/C18H16Cl2N4OS/c1-11-4-3-5-12(6-11)17-22-23-18(24(17)2)26-10-16(25)21-15-8-13(19)7-14(20)9-15/h3-9H,10H2,1-2H3,(H,21,25). The molecule has 3 aromatic rings. The molecule has 1 amide bonds. The molecule has 0 aliphatic carbocycles. The van der Waals surface area contributed by atoms with E-state index < -0.39 is 0 Å². The molecule has 1 heterocycles. The van der Waals surface area contributed by atoms with E-state index in [9.17, 15) is 4.79 Å². The lowest BCUT2D eigenvalue weighted by Gasteiger charge is -2.07. The normalized spacial score (nSPS) is 10.8. The number of nitrogens with one attached hydrogen (secondary N) is 1. The molecule has 2 aromatic carbocycles. The van der Waals surface area contributed by atoms with Gasteiger partial charge in [0, 0.05) is 28.3 Å². The molecular weight excluding hydrogens is 391 g/mol. The van der Waals surface area contributed by atoms with Gasteiger partial charge in [-0.2, -0.15) is 0 Å². The Hall–Kier alpha value is -2.02. The van der Waals surface area contributed by atoms with E-state index in [2.05, 4.69) is 15.5 Å². The summed E-state index contributed by atoms with van der Waals surface area (Å²) in [5, 5.41) is 12.8. The largest absolute Gasteiger partial charge is 0.325 e. The van der Waals surface area contributed by atoms with Crippen LogP contribution in [0.3, 0.4) is 0 Å². The number of hydrogen-bond acceptors (Lipinski definition) is 4. The number of anilines is 1. The highest BCUT2D eigenvalue weighted by Gasteiger charge is 2.13.